The van der Waals surface area contributed by atoms with Crippen molar-refractivity contribution in [3.63, 3.8) is 0 Å². The Balaban J connectivity index is 2.17. The van der Waals surface area contributed by atoms with Gasteiger partial charge in [-0.3, -0.25) is 0 Å². The van der Waals surface area contributed by atoms with Crippen LogP contribution in [0.2, 0.25) is 0 Å². The van der Waals surface area contributed by atoms with Gasteiger partial charge in [0.15, 0.2) is 0 Å². The molecule has 0 saturated carbocycles. The lowest BCUT2D eigenvalue weighted by Gasteiger charge is -2.28. The molecule has 0 radical (unpaired) electrons. The molecule has 0 aromatic heterocycles. The molecule has 4 rings (SSSR count). The highest BCUT2D eigenvalue weighted by Crippen LogP contribution is 2.54. The third kappa shape index (κ3) is 2.77. The van der Waals surface area contributed by atoms with Crippen LogP contribution in [0.4, 0.5) is 0 Å². The van der Waals surface area contributed by atoms with Crippen molar-refractivity contribution in [1.82, 2.24) is 0 Å². The minimum atomic E-state index is -1.94. The highest BCUT2D eigenvalue weighted by Gasteiger charge is 2.48. The molecular weight excluding hydrogens is 331 g/mol. The van der Waals surface area contributed by atoms with Gasteiger partial charge < -0.3 is 0 Å². The van der Waals surface area contributed by atoms with Gasteiger partial charge in [-0.05, 0) is 55.0 Å². The topological polar surface area (TPSA) is 0 Å². The molecule has 0 atom stereocenters. The summed E-state index contributed by atoms with van der Waals surface area (Å²) in [6, 6.07) is 41.9. The first-order valence-corrected chi connectivity index (χ1v) is 10.7. The van der Waals surface area contributed by atoms with E-state index in [1.54, 1.807) is 0 Å². The first kappa shape index (κ1) is 16.8. The van der Waals surface area contributed by atoms with Crippen LogP contribution >= 0.6 is 7.26 Å². The molecule has 0 bridgehead atoms. The molecule has 0 aliphatic heterocycles. The summed E-state index contributed by atoms with van der Waals surface area (Å²) in [5.74, 6) is 0. The SMILES string of the molecule is Cc1ccccc1[P+](c1ccccc1)(c1ccccc1)c1ccccc1. The predicted molar refractivity (Wildman–Crippen MR) is 116 cm³/mol. The molecule has 26 heavy (non-hydrogen) atoms. The zero-order valence-electron chi connectivity index (χ0n) is 14.9. The van der Waals surface area contributed by atoms with Gasteiger partial charge >= 0.3 is 0 Å². The van der Waals surface area contributed by atoms with Crippen LogP contribution in [0.3, 0.4) is 0 Å². The molecule has 0 saturated heterocycles. The minimum absolute atomic E-state index is 1.34. The van der Waals surface area contributed by atoms with Gasteiger partial charge in [-0.25, -0.2) is 0 Å². The molecule has 4 aromatic rings. The Kier molecular flexibility index (Phi) is 4.69. The van der Waals surface area contributed by atoms with E-state index in [9.17, 15) is 0 Å². The molecule has 4 aromatic carbocycles. The van der Waals surface area contributed by atoms with Crippen LogP contribution in [-0.2, 0) is 0 Å². The monoisotopic (exact) mass is 353 g/mol. The first-order chi connectivity index (χ1) is 12.8. The maximum atomic E-state index is 2.32. The average molecular weight is 353 g/mol. The smallest absolute Gasteiger partial charge is 0.0620 e. The van der Waals surface area contributed by atoms with Gasteiger partial charge in [-0.15, -0.1) is 0 Å². The standard InChI is InChI=1S/C25H22P/c1-21-13-11-12-20-25(21)26(22-14-5-2-6-15-22,23-16-7-3-8-17-23)24-18-9-4-10-19-24/h2-20H,1H3/q+1. The van der Waals surface area contributed by atoms with E-state index < -0.39 is 7.26 Å². The van der Waals surface area contributed by atoms with Crippen LogP contribution in [0, 0.1) is 6.92 Å². The van der Waals surface area contributed by atoms with E-state index in [1.807, 2.05) is 0 Å². The van der Waals surface area contributed by atoms with E-state index in [-0.39, 0.29) is 0 Å². The lowest BCUT2D eigenvalue weighted by atomic mass is 10.2. The molecule has 0 aliphatic carbocycles. The van der Waals surface area contributed by atoms with Crippen LogP contribution in [-0.4, -0.2) is 0 Å². The van der Waals surface area contributed by atoms with Crippen molar-refractivity contribution in [3.8, 4) is 0 Å². The van der Waals surface area contributed by atoms with Crippen molar-refractivity contribution in [3.05, 3.63) is 121 Å². The molecule has 0 aliphatic rings. The van der Waals surface area contributed by atoms with E-state index in [4.69, 9.17) is 0 Å². The van der Waals surface area contributed by atoms with Crippen molar-refractivity contribution in [2.75, 3.05) is 0 Å². The van der Waals surface area contributed by atoms with E-state index >= 15 is 0 Å². The van der Waals surface area contributed by atoms with E-state index in [1.165, 1.54) is 26.8 Å². The summed E-state index contributed by atoms with van der Waals surface area (Å²) < 4.78 is 0. The summed E-state index contributed by atoms with van der Waals surface area (Å²) in [6.07, 6.45) is 0. The van der Waals surface area contributed by atoms with Gasteiger partial charge in [-0.1, -0.05) is 72.8 Å². The van der Waals surface area contributed by atoms with E-state index in [0.29, 0.717) is 0 Å². The summed E-state index contributed by atoms with van der Waals surface area (Å²) in [7, 11) is -1.94. The van der Waals surface area contributed by atoms with Gasteiger partial charge in [-0.2, -0.15) is 0 Å². The Morgan fingerprint density at radius 2 is 0.769 bits per heavy atom. The van der Waals surface area contributed by atoms with E-state index in [0.717, 1.165) is 0 Å². The zero-order valence-corrected chi connectivity index (χ0v) is 15.8. The van der Waals surface area contributed by atoms with Crippen LogP contribution < -0.4 is 21.2 Å². The molecular formula is C25H22P+. The minimum Gasteiger partial charge on any atom is -0.0620 e. The lowest BCUT2D eigenvalue weighted by molar-refractivity contribution is 1.51. The average Bonchev–Trinajstić information content (AvgIpc) is 2.72. The second-order valence-corrected chi connectivity index (χ2v) is 9.84. The number of aryl methyl sites for hydroxylation is 1. The Morgan fingerprint density at radius 3 is 1.15 bits per heavy atom. The highest BCUT2D eigenvalue weighted by molar-refractivity contribution is 8.01. The first-order valence-electron chi connectivity index (χ1n) is 8.95. The Labute approximate surface area is 156 Å². The van der Waals surface area contributed by atoms with Gasteiger partial charge in [0, 0.05) is 0 Å². The maximum absolute atomic E-state index is 2.32. The molecule has 1 heteroatoms. The van der Waals surface area contributed by atoms with Crippen molar-refractivity contribution in [1.29, 1.82) is 0 Å². The fourth-order valence-corrected chi connectivity index (χ4v) is 8.26. The van der Waals surface area contributed by atoms with Crippen molar-refractivity contribution in [2.45, 2.75) is 6.92 Å². The molecule has 0 fully saturated rings. The summed E-state index contributed by atoms with van der Waals surface area (Å²) in [4.78, 5) is 0. The molecule has 0 N–H and O–H groups in total. The van der Waals surface area contributed by atoms with Crippen LogP contribution in [0.25, 0.3) is 0 Å². The van der Waals surface area contributed by atoms with Crippen molar-refractivity contribution < 1.29 is 0 Å². The fourth-order valence-electron chi connectivity index (χ4n) is 3.76. The van der Waals surface area contributed by atoms with Gasteiger partial charge in [0.2, 0.25) is 0 Å². The third-order valence-electron chi connectivity index (χ3n) is 4.91. The second-order valence-electron chi connectivity index (χ2n) is 6.46. The van der Waals surface area contributed by atoms with Crippen molar-refractivity contribution >= 4 is 28.5 Å². The Hall–Kier alpha value is -2.69. The van der Waals surface area contributed by atoms with E-state index in [2.05, 4.69) is 122 Å². The molecule has 0 amide bonds. The Morgan fingerprint density at radius 1 is 0.423 bits per heavy atom. The third-order valence-corrected chi connectivity index (χ3v) is 9.35. The number of rotatable bonds is 4. The molecule has 0 nitrogen and oxygen atoms in total. The molecule has 0 spiro atoms. The van der Waals surface area contributed by atoms with Gasteiger partial charge in [0.05, 0.1) is 0 Å². The molecule has 0 heterocycles. The fraction of sp³-hybridized carbons (Fsp3) is 0.0400. The van der Waals surface area contributed by atoms with Crippen LogP contribution in [0.15, 0.2) is 115 Å². The lowest BCUT2D eigenvalue weighted by Crippen LogP contribution is -2.39. The summed E-state index contributed by atoms with van der Waals surface area (Å²) in [5.41, 5.74) is 1.34. The largest absolute Gasteiger partial charge is 0.144 e. The van der Waals surface area contributed by atoms with Crippen LogP contribution in [0.5, 0.6) is 0 Å². The normalized spacial score (nSPS) is 11.3. The summed E-state index contributed by atoms with van der Waals surface area (Å²) >= 11 is 0. The summed E-state index contributed by atoms with van der Waals surface area (Å²) in [6.45, 7) is 2.24. The number of hydrogen-bond donors (Lipinski definition) is 0. The number of hydrogen-bond acceptors (Lipinski definition) is 0. The van der Waals surface area contributed by atoms with Gasteiger partial charge in [0.1, 0.15) is 28.5 Å². The molecule has 126 valence electrons. The summed E-state index contributed by atoms with van der Waals surface area (Å²) in [5, 5.41) is 5.62. The Bertz CT molecular complexity index is 879. The van der Waals surface area contributed by atoms with Gasteiger partial charge in [0.25, 0.3) is 0 Å². The van der Waals surface area contributed by atoms with Crippen molar-refractivity contribution in [2.24, 2.45) is 0 Å². The quantitative estimate of drug-likeness (QED) is 0.470. The highest BCUT2D eigenvalue weighted by atomic mass is 31.2. The zero-order chi connectivity index (χ0) is 17.8. The van der Waals surface area contributed by atoms with Crippen LogP contribution in [0.1, 0.15) is 5.56 Å². The second kappa shape index (κ2) is 7.28. The maximum Gasteiger partial charge on any atom is 0.144 e. The number of benzene rings is 4. The predicted octanol–water partition coefficient (Wildman–Crippen LogP) is 4.61. The molecule has 0 unspecified atom stereocenters.